The predicted molar refractivity (Wildman–Crippen MR) is 68.3 cm³/mol. The van der Waals surface area contributed by atoms with Crippen molar-refractivity contribution in [3.8, 4) is 5.75 Å². The van der Waals surface area contributed by atoms with Gasteiger partial charge in [0.15, 0.2) is 6.10 Å². The van der Waals surface area contributed by atoms with E-state index >= 15 is 0 Å². The van der Waals surface area contributed by atoms with Crippen molar-refractivity contribution < 1.29 is 24.2 Å². The highest BCUT2D eigenvalue weighted by Gasteiger charge is 2.17. The molecule has 0 spiro atoms. The van der Waals surface area contributed by atoms with Crippen LogP contribution in [0.4, 0.5) is 0 Å². The molecule has 100 valence electrons. The number of carbonyl (C=O) groups is 2. The van der Waals surface area contributed by atoms with Crippen molar-refractivity contribution >= 4 is 11.9 Å². The molecule has 5 nitrogen and oxygen atoms in total. The molecule has 1 unspecified atom stereocenters. The first-order valence-electron chi connectivity index (χ1n) is 5.48. The van der Waals surface area contributed by atoms with Crippen LogP contribution in [0, 0.1) is 0 Å². The molecule has 0 aromatic heterocycles. The number of esters is 2. The highest BCUT2D eigenvalue weighted by atomic mass is 16.6. The van der Waals surface area contributed by atoms with Gasteiger partial charge in [-0.05, 0) is 17.7 Å². The molecular weight excluding hydrogens is 248 g/mol. The summed E-state index contributed by atoms with van der Waals surface area (Å²) in [5.74, 6) is -1.16. The molecule has 0 fully saturated rings. The largest absolute Gasteiger partial charge is 0.508 e. The van der Waals surface area contributed by atoms with E-state index in [2.05, 4.69) is 13.2 Å². The van der Waals surface area contributed by atoms with Gasteiger partial charge in [0.05, 0.1) is 0 Å². The third-order valence-electron chi connectivity index (χ3n) is 2.23. The topological polar surface area (TPSA) is 72.8 Å². The fourth-order valence-electron chi connectivity index (χ4n) is 1.29. The minimum Gasteiger partial charge on any atom is -0.508 e. The molecule has 1 aromatic carbocycles. The van der Waals surface area contributed by atoms with Gasteiger partial charge < -0.3 is 14.6 Å². The van der Waals surface area contributed by atoms with Crippen LogP contribution in [0.2, 0.25) is 0 Å². The number of rotatable bonds is 6. The number of ether oxygens (including phenoxy) is 2. The third-order valence-corrected chi connectivity index (χ3v) is 2.23. The molecule has 0 heterocycles. The van der Waals surface area contributed by atoms with Crippen LogP contribution < -0.4 is 0 Å². The molecule has 0 aliphatic carbocycles. The van der Waals surface area contributed by atoms with E-state index in [9.17, 15) is 14.7 Å². The number of phenols is 1. The normalized spacial score (nSPS) is 11.2. The lowest BCUT2D eigenvalue weighted by atomic mass is 10.1. The standard InChI is InChI=1S/C14H14O5/c1-3-13(16)18-9-12(19-14(17)4-2)10-5-7-11(15)8-6-10/h3-8,12,15H,1-2,9H2. The van der Waals surface area contributed by atoms with E-state index in [1.807, 2.05) is 0 Å². The maximum atomic E-state index is 11.2. The van der Waals surface area contributed by atoms with Crippen LogP contribution in [0.1, 0.15) is 11.7 Å². The maximum Gasteiger partial charge on any atom is 0.330 e. The number of aromatic hydroxyl groups is 1. The van der Waals surface area contributed by atoms with E-state index < -0.39 is 18.0 Å². The zero-order valence-corrected chi connectivity index (χ0v) is 10.2. The van der Waals surface area contributed by atoms with Crippen molar-refractivity contribution in [3.63, 3.8) is 0 Å². The summed E-state index contributed by atoms with van der Waals surface area (Å²) in [7, 11) is 0. The summed E-state index contributed by atoms with van der Waals surface area (Å²) >= 11 is 0. The SMILES string of the molecule is C=CC(=O)OCC(OC(=O)C=C)c1ccc(O)cc1. The number of benzene rings is 1. The Bertz CT molecular complexity index is 475. The zero-order chi connectivity index (χ0) is 14.3. The Morgan fingerprint density at radius 3 is 2.26 bits per heavy atom. The van der Waals surface area contributed by atoms with Gasteiger partial charge in [-0.1, -0.05) is 25.3 Å². The summed E-state index contributed by atoms with van der Waals surface area (Å²) in [6, 6.07) is 6.02. The average Bonchev–Trinajstić information content (AvgIpc) is 2.43. The molecule has 5 heteroatoms. The molecule has 0 bridgehead atoms. The van der Waals surface area contributed by atoms with Crippen LogP contribution >= 0.6 is 0 Å². The van der Waals surface area contributed by atoms with Gasteiger partial charge in [-0.15, -0.1) is 0 Å². The molecule has 0 radical (unpaired) electrons. The molecular formula is C14H14O5. The van der Waals surface area contributed by atoms with Gasteiger partial charge >= 0.3 is 11.9 Å². The molecule has 1 aromatic rings. The summed E-state index contributed by atoms with van der Waals surface area (Å²) < 4.78 is 9.92. The van der Waals surface area contributed by atoms with Gasteiger partial charge in [0.25, 0.3) is 0 Å². The van der Waals surface area contributed by atoms with Gasteiger partial charge in [0.2, 0.25) is 0 Å². The second-order valence-corrected chi connectivity index (χ2v) is 3.56. The minimum atomic E-state index is -0.769. The highest BCUT2D eigenvalue weighted by Crippen LogP contribution is 2.21. The molecule has 1 atom stereocenters. The van der Waals surface area contributed by atoms with Crippen molar-refractivity contribution in [3.05, 3.63) is 55.1 Å². The summed E-state index contributed by atoms with van der Waals surface area (Å²) in [4.78, 5) is 22.2. The van der Waals surface area contributed by atoms with Gasteiger partial charge in [0, 0.05) is 12.2 Å². The van der Waals surface area contributed by atoms with Crippen molar-refractivity contribution in [1.29, 1.82) is 0 Å². The summed E-state index contributed by atoms with van der Waals surface area (Å²) in [5.41, 5.74) is 0.588. The average molecular weight is 262 g/mol. The van der Waals surface area contributed by atoms with Crippen molar-refractivity contribution in [2.45, 2.75) is 6.10 Å². The summed E-state index contributed by atoms with van der Waals surface area (Å²) in [6.45, 7) is 6.42. The van der Waals surface area contributed by atoms with Crippen molar-refractivity contribution in [1.82, 2.24) is 0 Å². The summed E-state index contributed by atoms with van der Waals surface area (Å²) in [6.07, 6.45) is 1.27. The Hall–Kier alpha value is -2.56. The van der Waals surface area contributed by atoms with Crippen molar-refractivity contribution in [2.75, 3.05) is 6.61 Å². The Morgan fingerprint density at radius 2 is 1.74 bits per heavy atom. The first-order chi connectivity index (χ1) is 9.06. The Balaban J connectivity index is 2.81. The smallest absolute Gasteiger partial charge is 0.330 e. The van der Waals surface area contributed by atoms with Crippen LogP contribution in [0.15, 0.2) is 49.6 Å². The Labute approximate surface area is 110 Å². The second kappa shape index (κ2) is 7.00. The van der Waals surface area contributed by atoms with E-state index in [1.165, 1.54) is 12.1 Å². The van der Waals surface area contributed by atoms with Crippen LogP contribution in [-0.4, -0.2) is 23.7 Å². The first kappa shape index (κ1) is 14.5. The molecule has 19 heavy (non-hydrogen) atoms. The highest BCUT2D eigenvalue weighted by molar-refractivity contribution is 5.82. The fraction of sp³-hybridized carbons (Fsp3) is 0.143. The van der Waals surface area contributed by atoms with Gasteiger partial charge in [-0.2, -0.15) is 0 Å². The number of carbonyl (C=O) groups excluding carboxylic acids is 2. The maximum absolute atomic E-state index is 11.2. The van der Waals surface area contributed by atoms with Gasteiger partial charge in [0.1, 0.15) is 12.4 Å². The van der Waals surface area contributed by atoms with E-state index in [0.29, 0.717) is 5.56 Å². The molecule has 0 saturated carbocycles. The van der Waals surface area contributed by atoms with E-state index in [1.54, 1.807) is 12.1 Å². The van der Waals surface area contributed by atoms with Crippen LogP contribution in [0.25, 0.3) is 0 Å². The number of hydrogen-bond acceptors (Lipinski definition) is 5. The minimum absolute atomic E-state index is 0.0839. The fourth-order valence-corrected chi connectivity index (χ4v) is 1.29. The quantitative estimate of drug-likeness (QED) is 0.626. The molecule has 0 saturated heterocycles. The lowest BCUT2D eigenvalue weighted by Gasteiger charge is -2.17. The zero-order valence-electron chi connectivity index (χ0n) is 10.2. The van der Waals surface area contributed by atoms with E-state index in [0.717, 1.165) is 12.2 Å². The van der Waals surface area contributed by atoms with Crippen molar-refractivity contribution in [2.24, 2.45) is 0 Å². The predicted octanol–water partition coefficient (Wildman–Crippen LogP) is 1.89. The van der Waals surface area contributed by atoms with Crippen LogP contribution in [0.3, 0.4) is 0 Å². The van der Waals surface area contributed by atoms with Crippen LogP contribution in [-0.2, 0) is 19.1 Å². The molecule has 0 aliphatic rings. The van der Waals surface area contributed by atoms with Crippen LogP contribution in [0.5, 0.6) is 5.75 Å². The monoisotopic (exact) mass is 262 g/mol. The Kier molecular flexibility index (Phi) is 5.35. The molecule has 1 N–H and O–H groups in total. The number of hydrogen-bond donors (Lipinski definition) is 1. The molecule has 0 amide bonds. The van der Waals surface area contributed by atoms with E-state index in [-0.39, 0.29) is 12.4 Å². The Morgan fingerprint density at radius 1 is 1.16 bits per heavy atom. The van der Waals surface area contributed by atoms with E-state index in [4.69, 9.17) is 9.47 Å². The number of phenolic OH excluding ortho intramolecular Hbond substituents is 1. The molecule has 1 rings (SSSR count). The lowest BCUT2D eigenvalue weighted by Crippen LogP contribution is -2.17. The van der Waals surface area contributed by atoms with Gasteiger partial charge in [-0.3, -0.25) is 0 Å². The summed E-state index contributed by atoms with van der Waals surface area (Å²) in [5, 5.41) is 9.20. The first-order valence-corrected chi connectivity index (χ1v) is 5.48. The molecule has 0 aliphatic heterocycles. The second-order valence-electron chi connectivity index (χ2n) is 3.56. The third kappa shape index (κ3) is 4.67. The lowest BCUT2D eigenvalue weighted by molar-refractivity contribution is -0.153. The van der Waals surface area contributed by atoms with Gasteiger partial charge in [-0.25, -0.2) is 9.59 Å².